The highest BCUT2D eigenvalue weighted by Gasteiger charge is 2.30. The van der Waals surface area contributed by atoms with Crippen LogP contribution in [0.15, 0.2) is 49.1 Å². The van der Waals surface area contributed by atoms with Crippen LogP contribution in [0.1, 0.15) is 51.4 Å². The molecule has 38 heavy (non-hydrogen) atoms. The molecule has 4 heterocycles. The summed E-state index contributed by atoms with van der Waals surface area (Å²) in [4.78, 5) is 35.8. The number of carbonyl (C=O) groups is 1. The number of carbonyl (C=O) groups excluding carboxylic acids is 1. The number of morpholine rings is 1. The molecule has 0 aliphatic carbocycles. The van der Waals surface area contributed by atoms with E-state index >= 15 is 0 Å². The number of aromatic nitrogens is 6. The fraction of sp³-hybridized carbons (Fsp3) is 0.429. The molecule has 0 bridgehead atoms. The average molecular weight is 517 g/mol. The number of nitrogens with two attached hydrogens (primary N) is 1. The van der Waals surface area contributed by atoms with Gasteiger partial charge in [-0.15, -0.1) is 0 Å². The standard InChI is InChI=1S/C16H23NO2.C12H13N7/c1-4-15(14-8-6-5-7-9-14)16(18)17-10-12(2)19-13(3)11-17;1-3-19-11(8-4-14-7(2)15-5-8)18-9-10(13)16-6-17-12(9)19/h5-9,12-13,15H,4,10-11H2,1-3H3;4-6H,3H2,1-2H3,(H2,13,16,17)/t12-,13+,15-;/m0./s1. The molecular weight excluding hydrogens is 480 g/mol. The van der Waals surface area contributed by atoms with E-state index in [1.807, 2.05) is 67.5 Å². The highest BCUT2D eigenvalue weighted by atomic mass is 16.5. The van der Waals surface area contributed by atoms with Crippen LogP contribution in [0, 0.1) is 6.92 Å². The molecule has 5 rings (SSSR count). The Labute approximate surface area is 223 Å². The first-order chi connectivity index (χ1) is 18.3. The van der Waals surface area contributed by atoms with E-state index in [1.54, 1.807) is 12.4 Å². The minimum Gasteiger partial charge on any atom is -0.382 e. The number of rotatable bonds is 5. The van der Waals surface area contributed by atoms with Gasteiger partial charge in [0, 0.05) is 32.0 Å². The van der Waals surface area contributed by atoms with Crippen LogP contribution >= 0.6 is 0 Å². The highest BCUT2D eigenvalue weighted by Crippen LogP contribution is 2.25. The lowest BCUT2D eigenvalue weighted by molar-refractivity contribution is -0.144. The number of hydrogen-bond donors (Lipinski definition) is 1. The Morgan fingerprint density at radius 2 is 1.71 bits per heavy atom. The normalized spacial score (nSPS) is 18.1. The maximum absolute atomic E-state index is 12.7. The van der Waals surface area contributed by atoms with Crippen molar-refractivity contribution in [2.45, 2.75) is 65.7 Å². The molecule has 10 nitrogen and oxygen atoms in total. The fourth-order valence-corrected chi connectivity index (χ4v) is 4.80. The van der Waals surface area contributed by atoms with Crippen LogP contribution in [0.4, 0.5) is 5.82 Å². The van der Waals surface area contributed by atoms with Gasteiger partial charge in [-0.2, -0.15) is 0 Å². The van der Waals surface area contributed by atoms with Gasteiger partial charge in [-0.1, -0.05) is 37.3 Å². The molecular formula is C28H36N8O2. The maximum atomic E-state index is 12.7. The van der Waals surface area contributed by atoms with Crippen LogP contribution in [-0.2, 0) is 16.1 Å². The van der Waals surface area contributed by atoms with Crippen LogP contribution in [0.5, 0.6) is 0 Å². The smallest absolute Gasteiger partial charge is 0.230 e. The number of fused-ring (bicyclic) bond motifs is 1. The zero-order valence-electron chi connectivity index (χ0n) is 22.7. The predicted octanol–water partition coefficient (Wildman–Crippen LogP) is 4.01. The summed E-state index contributed by atoms with van der Waals surface area (Å²) in [5.41, 5.74) is 9.13. The van der Waals surface area contributed by atoms with E-state index in [2.05, 4.69) is 31.8 Å². The van der Waals surface area contributed by atoms with Crippen molar-refractivity contribution in [2.75, 3.05) is 18.8 Å². The average Bonchev–Trinajstić information content (AvgIpc) is 3.30. The summed E-state index contributed by atoms with van der Waals surface area (Å²) < 4.78 is 7.67. The Balaban J connectivity index is 0.000000177. The Morgan fingerprint density at radius 3 is 2.32 bits per heavy atom. The van der Waals surface area contributed by atoms with E-state index < -0.39 is 0 Å². The molecule has 3 aromatic heterocycles. The van der Waals surface area contributed by atoms with Gasteiger partial charge in [-0.3, -0.25) is 4.79 Å². The van der Waals surface area contributed by atoms with Crippen molar-refractivity contribution in [2.24, 2.45) is 0 Å². The van der Waals surface area contributed by atoms with E-state index in [0.717, 1.165) is 41.4 Å². The minimum absolute atomic E-state index is 0.0290. The summed E-state index contributed by atoms with van der Waals surface area (Å²) in [6.07, 6.45) is 6.03. The first-order valence-electron chi connectivity index (χ1n) is 13.1. The summed E-state index contributed by atoms with van der Waals surface area (Å²) in [7, 11) is 0. The monoisotopic (exact) mass is 516 g/mol. The molecule has 0 spiro atoms. The molecule has 10 heteroatoms. The summed E-state index contributed by atoms with van der Waals surface area (Å²) >= 11 is 0. The zero-order valence-corrected chi connectivity index (χ0v) is 22.7. The second-order valence-electron chi connectivity index (χ2n) is 9.50. The molecule has 1 aliphatic rings. The number of ether oxygens (including phenoxy) is 1. The third-order valence-electron chi connectivity index (χ3n) is 6.56. The molecule has 1 fully saturated rings. The van der Waals surface area contributed by atoms with Crippen molar-refractivity contribution >= 4 is 22.9 Å². The van der Waals surface area contributed by atoms with Gasteiger partial charge in [0.2, 0.25) is 5.91 Å². The second-order valence-corrected chi connectivity index (χ2v) is 9.50. The summed E-state index contributed by atoms with van der Waals surface area (Å²) in [5.74, 6) is 2.06. The van der Waals surface area contributed by atoms with E-state index in [1.165, 1.54) is 6.33 Å². The number of aryl methyl sites for hydroxylation is 2. The number of amides is 1. The topological polar surface area (TPSA) is 125 Å². The van der Waals surface area contributed by atoms with Crippen LogP contribution in [-0.4, -0.2) is 65.6 Å². The molecule has 200 valence electrons. The molecule has 0 radical (unpaired) electrons. The number of anilines is 1. The molecule has 0 saturated carbocycles. The van der Waals surface area contributed by atoms with Crippen LogP contribution in [0.2, 0.25) is 0 Å². The molecule has 1 aliphatic heterocycles. The van der Waals surface area contributed by atoms with E-state index in [9.17, 15) is 4.79 Å². The van der Waals surface area contributed by atoms with Crippen molar-refractivity contribution in [3.05, 3.63) is 60.4 Å². The van der Waals surface area contributed by atoms with Crippen LogP contribution in [0.3, 0.4) is 0 Å². The maximum Gasteiger partial charge on any atom is 0.230 e. The Morgan fingerprint density at radius 1 is 1.05 bits per heavy atom. The van der Waals surface area contributed by atoms with Crippen LogP contribution in [0.25, 0.3) is 22.6 Å². The van der Waals surface area contributed by atoms with Gasteiger partial charge in [0.25, 0.3) is 0 Å². The summed E-state index contributed by atoms with van der Waals surface area (Å²) in [6.45, 7) is 12.1. The number of nitrogen functional groups attached to an aromatic ring is 1. The van der Waals surface area contributed by atoms with Gasteiger partial charge in [0.1, 0.15) is 18.0 Å². The molecule has 1 aromatic carbocycles. The summed E-state index contributed by atoms with van der Waals surface area (Å²) in [5, 5.41) is 0. The van der Waals surface area contributed by atoms with Gasteiger partial charge in [-0.05, 0) is 39.7 Å². The lowest BCUT2D eigenvalue weighted by atomic mass is 9.94. The molecule has 3 atom stereocenters. The predicted molar refractivity (Wildman–Crippen MR) is 147 cm³/mol. The SMILES string of the molecule is CC[C@H](C(=O)N1C[C@@H](C)O[C@@H](C)C1)c1ccccc1.CCn1c(-c2cnc(C)nc2)nc2c(N)ncnc21. The highest BCUT2D eigenvalue weighted by molar-refractivity contribution is 5.85. The van der Waals surface area contributed by atoms with Crippen molar-refractivity contribution in [1.29, 1.82) is 0 Å². The molecule has 2 N–H and O–H groups in total. The third-order valence-corrected chi connectivity index (χ3v) is 6.56. The van der Waals surface area contributed by atoms with Gasteiger partial charge < -0.3 is 19.9 Å². The molecule has 0 unspecified atom stereocenters. The van der Waals surface area contributed by atoms with Crippen LogP contribution < -0.4 is 5.73 Å². The Hall–Kier alpha value is -3.92. The van der Waals surface area contributed by atoms with E-state index in [4.69, 9.17) is 10.5 Å². The van der Waals surface area contributed by atoms with Gasteiger partial charge >= 0.3 is 0 Å². The fourth-order valence-electron chi connectivity index (χ4n) is 4.80. The quantitative estimate of drug-likeness (QED) is 0.422. The second kappa shape index (κ2) is 12.1. The largest absolute Gasteiger partial charge is 0.382 e. The van der Waals surface area contributed by atoms with E-state index in [-0.39, 0.29) is 24.0 Å². The van der Waals surface area contributed by atoms with Crippen molar-refractivity contribution in [3.8, 4) is 11.4 Å². The Kier molecular flexibility index (Phi) is 8.62. The molecule has 1 saturated heterocycles. The molecule has 1 amide bonds. The first kappa shape index (κ1) is 27.1. The molecule has 4 aromatic rings. The van der Waals surface area contributed by atoms with Crippen molar-refractivity contribution in [3.63, 3.8) is 0 Å². The number of nitrogens with zero attached hydrogens (tertiary/aromatic N) is 7. The minimum atomic E-state index is -0.0290. The van der Waals surface area contributed by atoms with Crippen molar-refractivity contribution in [1.82, 2.24) is 34.4 Å². The first-order valence-corrected chi connectivity index (χ1v) is 13.1. The number of hydrogen-bond acceptors (Lipinski definition) is 8. The summed E-state index contributed by atoms with van der Waals surface area (Å²) in [6, 6.07) is 10.1. The third kappa shape index (κ3) is 5.96. The lowest BCUT2D eigenvalue weighted by Crippen LogP contribution is -2.49. The Bertz CT molecular complexity index is 1350. The van der Waals surface area contributed by atoms with Gasteiger partial charge in [0.15, 0.2) is 17.0 Å². The van der Waals surface area contributed by atoms with Crippen molar-refractivity contribution < 1.29 is 9.53 Å². The zero-order chi connectivity index (χ0) is 27.2. The number of imidazole rings is 1. The van der Waals surface area contributed by atoms with E-state index in [0.29, 0.717) is 24.4 Å². The van der Waals surface area contributed by atoms with Gasteiger partial charge in [-0.25, -0.2) is 24.9 Å². The lowest BCUT2D eigenvalue weighted by Gasteiger charge is -2.37. The number of benzene rings is 1. The van der Waals surface area contributed by atoms with Gasteiger partial charge in [0.05, 0.1) is 23.7 Å².